The number of fused-ring (bicyclic) bond motifs is 2. The van der Waals surface area contributed by atoms with Crippen LogP contribution in [0.1, 0.15) is 22.6 Å². The molecule has 3 N–H and O–H groups in total. The number of piperidine rings is 1. The summed E-state index contributed by atoms with van der Waals surface area (Å²) in [4.78, 5) is 28.3. The van der Waals surface area contributed by atoms with Gasteiger partial charge in [0.05, 0.1) is 11.2 Å². The lowest BCUT2D eigenvalue weighted by molar-refractivity contribution is -0.135. The fourth-order valence-electron chi connectivity index (χ4n) is 3.72. The fraction of sp³-hybridized carbons (Fsp3) is 0.227. The molecule has 0 spiro atoms. The third kappa shape index (κ3) is 3.24. The van der Waals surface area contributed by atoms with Gasteiger partial charge in [0.15, 0.2) is 0 Å². The first kappa shape index (κ1) is 18.7. The Kier molecular flexibility index (Phi) is 4.57. The van der Waals surface area contributed by atoms with Crippen molar-refractivity contribution in [2.45, 2.75) is 18.6 Å². The fourth-order valence-corrected chi connectivity index (χ4v) is 3.72. The second-order valence-electron chi connectivity index (χ2n) is 7.19. The minimum Gasteiger partial charge on any atom is -0.383 e. The predicted molar refractivity (Wildman–Crippen MR) is 108 cm³/mol. The van der Waals surface area contributed by atoms with Gasteiger partial charge in [-0.05, 0) is 30.7 Å². The molecule has 3 heterocycles. The van der Waals surface area contributed by atoms with E-state index in [-0.39, 0.29) is 17.6 Å². The number of primary amides is 1. The van der Waals surface area contributed by atoms with Gasteiger partial charge in [0.1, 0.15) is 6.10 Å². The van der Waals surface area contributed by atoms with Crippen molar-refractivity contribution in [3.63, 3.8) is 0 Å². The van der Waals surface area contributed by atoms with Gasteiger partial charge in [-0.25, -0.2) is 4.98 Å². The van der Waals surface area contributed by atoms with Crippen LogP contribution in [0.4, 0.5) is 0 Å². The highest BCUT2D eigenvalue weighted by Gasteiger charge is 2.56. The first-order valence-electron chi connectivity index (χ1n) is 9.21. The second kappa shape index (κ2) is 7.08. The minimum absolute atomic E-state index is 0.101. The zero-order chi connectivity index (χ0) is 20.7. The maximum atomic E-state index is 11.5. The average Bonchev–Trinajstić information content (AvgIpc) is 3.39. The zero-order valence-corrected chi connectivity index (χ0v) is 15.8. The number of aliphatic hydroxyl groups is 1. The maximum Gasteiger partial charge on any atom is 0.285 e. The number of nitrogens with two attached hydrogens (primary N) is 1. The monoisotopic (exact) mass is 388 g/mol. The Bertz CT molecular complexity index is 1140. The molecule has 5 rings (SSSR count). The van der Waals surface area contributed by atoms with Crippen LogP contribution in [-0.4, -0.2) is 50.4 Å². The lowest BCUT2D eigenvalue weighted by Gasteiger charge is -2.10. The van der Waals surface area contributed by atoms with E-state index in [2.05, 4.69) is 10.9 Å². The van der Waals surface area contributed by atoms with Crippen LogP contribution in [0, 0.1) is 18.3 Å². The Morgan fingerprint density at radius 2 is 2.10 bits per heavy atom. The lowest BCUT2D eigenvalue weighted by atomic mass is 10.1. The summed E-state index contributed by atoms with van der Waals surface area (Å²) in [7, 11) is 1.75. The van der Waals surface area contributed by atoms with E-state index in [1.165, 1.54) is 0 Å². The van der Waals surface area contributed by atoms with Gasteiger partial charge >= 0.3 is 0 Å². The van der Waals surface area contributed by atoms with Gasteiger partial charge in [0.25, 0.3) is 11.8 Å². The zero-order valence-electron chi connectivity index (χ0n) is 15.8. The largest absolute Gasteiger partial charge is 0.383 e. The van der Waals surface area contributed by atoms with Gasteiger partial charge in [0.2, 0.25) is 5.82 Å². The van der Waals surface area contributed by atoms with E-state index >= 15 is 0 Å². The smallest absolute Gasteiger partial charge is 0.285 e. The number of carbonyl (C=O) groups excluding carboxylic acids is 2. The van der Waals surface area contributed by atoms with Crippen LogP contribution in [0.2, 0.25) is 0 Å². The van der Waals surface area contributed by atoms with Gasteiger partial charge < -0.3 is 15.7 Å². The molecule has 2 aromatic heterocycles. The van der Waals surface area contributed by atoms with Crippen LogP contribution < -0.4 is 5.73 Å². The van der Waals surface area contributed by atoms with E-state index in [1.54, 1.807) is 22.5 Å². The number of likely N-dealkylation sites (tertiary alicyclic amines) is 1. The molecule has 2 aliphatic rings. The molecule has 1 aliphatic heterocycles. The Hall–Kier alpha value is -3.63. The SMILES string of the molecule is C#Cc1cccc(-c2nc(C(N)=O)n3ccccc23)c1.CN1C(=O)C(O)C2CC21. The normalized spacial score (nSPS) is 21.9. The highest BCUT2D eigenvalue weighted by Crippen LogP contribution is 2.44. The van der Waals surface area contributed by atoms with Gasteiger partial charge in [0, 0.05) is 36.3 Å². The molecule has 1 saturated carbocycles. The molecule has 1 aromatic carbocycles. The first-order chi connectivity index (χ1) is 13.9. The highest BCUT2D eigenvalue weighted by molar-refractivity contribution is 5.93. The van der Waals surface area contributed by atoms with Crippen molar-refractivity contribution in [1.82, 2.24) is 14.3 Å². The molecule has 2 fully saturated rings. The Morgan fingerprint density at radius 3 is 2.69 bits per heavy atom. The molecule has 1 saturated heterocycles. The van der Waals surface area contributed by atoms with E-state index < -0.39 is 12.0 Å². The van der Waals surface area contributed by atoms with E-state index in [9.17, 15) is 9.59 Å². The molecule has 0 radical (unpaired) electrons. The maximum absolute atomic E-state index is 11.5. The Morgan fingerprint density at radius 1 is 1.31 bits per heavy atom. The van der Waals surface area contributed by atoms with Crippen molar-refractivity contribution in [3.05, 3.63) is 60.0 Å². The van der Waals surface area contributed by atoms with Crippen LogP contribution in [0.15, 0.2) is 48.7 Å². The summed E-state index contributed by atoms with van der Waals surface area (Å²) < 4.78 is 1.68. The second-order valence-corrected chi connectivity index (χ2v) is 7.19. The summed E-state index contributed by atoms with van der Waals surface area (Å²) in [6.45, 7) is 0. The number of pyridine rings is 1. The van der Waals surface area contributed by atoms with E-state index in [1.807, 2.05) is 42.5 Å². The third-order valence-corrected chi connectivity index (χ3v) is 5.38. The number of benzene rings is 1. The van der Waals surface area contributed by atoms with Crippen molar-refractivity contribution in [3.8, 4) is 23.6 Å². The van der Waals surface area contributed by atoms with Crippen molar-refractivity contribution < 1.29 is 14.7 Å². The molecule has 3 unspecified atom stereocenters. The third-order valence-electron chi connectivity index (χ3n) is 5.38. The molecule has 1 aliphatic carbocycles. The van der Waals surface area contributed by atoms with E-state index in [4.69, 9.17) is 17.3 Å². The highest BCUT2D eigenvalue weighted by atomic mass is 16.3. The van der Waals surface area contributed by atoms with Crippen LogP contribution >= 0.6 is 0 Å². The number of terminal acetylenes is 1. The molecule has 146 valence electrons. The average molecular weight is 388 g/mol. The Balaban J connectivity index is 0.000000188. The van der Waals surface area contributed by atoms with Crippen LogP contribution in [0.3, 0.4) is 0 Å². The molecular weight excluding hydrogens is 368 g/mol. The molecule has 7 heteroatoms. The van der Waals surface area contributed by atoms with E-state index in [0.717, 1.165) is 23.1 Å². The van der Waals surface area contributed by atoms with Gasteiger partial charge in [-0.15, -0.1) is 6.42 Å². The topological polar surface area (TPSA) is 101 Å². The van der Waals surface area contributed by atoms with Gasteiger partial charge in [-0.2, -0.15) is 0 Å². The Labute approximate surface area is 167 Å². The van der Waals surface area contributed by atoms with Gasteiger partial charge in [-0.3, -0.25) is 14.0 Å². The van der Waals surface area contributed by atoms with Crippen LogP contribution in [0.25, 0.3) is 16.8 Å². The summed E-state index contributed by atoms with van der Waals surface area (Å²) in [5, 5.41) is 9.09. The molecule has 3 atom stereocenters. The quantitative estimate of drug-likeness (QED) is 0.646. The molecule has 2 amide bonds. The predicted octanol–water partition coefficient (Wildman–Crippen LogP) is 1.29. The number of hydrogen-bond donors (Lipinski definition) is 2. The minimum atomic E-state index is -0.681. The molecule has 7 nitrogen and oxygen atoms in total. The number of carbonyl (C=O) groups is 2. The van der Waals surface area contributed by atoms with E-state index in [0.29, 0.717) is 11.7 Å². The number of amides is 2. The molecular formula is C22H20N4O3. The number of aliphatic hydroxyl groups excluding tert-OH is 1. The van der Waals surface area contributed by atoms with Crippen LogP contribution in [0.5, 0.6) is 0 Å². The summed E-state index contributed by atoms with van der Waals surface area (Å²) in [5.41, 5.74) is 8.50. The number of nitrogens with zero attached hydrogens (tertiary/aromatic N) is 3. The lowest BCUT2D eigenvalue weighted by Crippen LogP contribution is -2.30. The van der Waals surface area contributed by atoms with Crippen LogP contribution in [-0.2, 0) is 4.79 Å². The number of aromatic nitrogens is 2. The molecule has 29 heavy (non-hydrogen) atoms. The summed E-state index contributed by atoms with van der Waals surface area (Å²) >= 11 is 0. The van der Waals surface area contributed by atoms with Crippen molar-refractivity contribution in [2.24, 2.45) is 11.7 Å². The van der Waals surface area contributed by atoms with Crippen molar-refractivity contribution in [2.75, 3.05) is 7.05 Å². The number of imidazole rings is 1. The van der Waals surface area contributed by atoms with Crippen molar-refractivity contribution >= 4 is 17.3 Å². The summed E-state index contributed by atoms with van der Waals surface area (Å²) in [6.07, 6.45) is 7.50. The standard InChI is InChI=1S/C16H11N3O.C6H9NO2/c1-2-11-6-5-7-12(10-11)14-13-8-3-4-9-19(13)16(18-14)15(17)20;1-7-4-2-3(4)5(8)6(7)9/h1,3-10H,(H2,17,20);3-5,8H,2H2,1H3. The van der Waals surface area contributed by atoms with Gasteiger partial charge in [-0.1, -0.05) is 24.1 Å². The summed E-state index contributed by atoms with van der Waals surface area (Å²) in [6, 6.07) is 13.4. The van der Waals surface area contributed by atoms with Crippen molar-refractivity contribution in [1.29, 1.82) is 0 Å². The number of rotatable bonds is 2. The molecule has 0 bridgehead atoms. The summed E-state index contributed by atoms with van der Waals surface area (Å²) in [5.74, 6) is 2.40. The number of hydrogen-bond acceptors (Lipinski definition) is 4. The molecule has 3 aromatic rings. The first-order valence-corrected chi connectivity index (χ1v) is 9.21. The number of likely N-dealkylation sites (N-methyl/N-ethyl adjacent to an activating group) is 1.